The number of anilines is 1. The Balaban J connectivity index is 2.36. The van der Waals surface area contributed by atoms with E-state index in [1.807, 2.05) is 0 Å². The topological polar surface area (TPSA) is 74.2 Å². The average Bonchev–Trinajstić information content (AvgIpc) is 2.29. The van der Waals surface area contributed by atoms with Gasteiger partial charge in [-0.25, -0.2) is 9.78 Å². The van der Waals surface area contributed by atoms with Gasteiger partial charge < -0.3 is 15.7 Å². The molecule has 0 fully saturated rings. The molecule has 0 amide bonds. The van der Waals surface area contributed by atoms with Crippen molar-refractivity contribution in [1.29, 1.82) is 0 Å². The summed E-state index contributed by atoms with van der Waals surface area (Å²) in [6, 6.07) is 4.93. The van der Waals surface area contributed by atoms with Gasteiger partial charge in [0.1, 0.15) is 5.82 Å². The maximum absolute atomic E-state index is 10.7. The number of carboxylic acids is 1. The van der Waals surface area contributed by atoms with Gasteiger partial charge >= 0.3 is 5.97 Å². The van der Waals surface area contributed by atoms with Crippen LogP contribution in [-0.4, -0.2) is 35.7 Å². The minimum Gasteiger partial charge on any atom is -0.477 e. The van der Waals surface area contributed by atoms with Crippen molar-refractivity contribution in [1.82, 2.24) is 10.3 Å². The molecule has 0 saturated carbocycles. The van der Waals surface area contributed by atoms with E-state index in [1.165, 1.54) is 6.07 Å². The fourth-order valence-electron chi connectivity index (χ4n) is 1.26. The van der Waals surface area contributed by atoms with Crippen LogP contribution in [0.2, 0.25) is 0 Å². The molecule has 0 atom stereocenters. The standard InChI is InChI=1S/C11H17N3O2/c1-2-12-7-4-8-13-10-6-3-5-9(14-10)11(15)16/h3,5-6,12H,2,4,7-8H2,1H3,(H,13,14)(H,15,16). The Hall–Kier alpha value is -1.62. The Bertz CT molecular complexity index is 342. The summed E-state index contributed by atoms with van der Waals surface area (Å²) < 4.78 is 0. The van der Waals surface area contributed by atoms with E-state index < -0.39 is 5.97 Å². The first kappa shape index (κ1) is 12.4. The number of hydrogen-bond donors (Lipinski definition) is 3. The summed E-state index contributed by atoms with van der Waals surface area (Å²) in [6.07, 6.45) is 0.979. The molecule has 0 unspecified atom stereocenters. The minimum absolute atomic E-state index is 0.0664. The van der Waals surface area contributed by atoms with E-state index in [1.54, 1.807) is 12.1 Å². The average molecular weight is 223 g/mol. The number of nitrogens with zero attached hydrogens (tertiary/aromatic N) is 1. The second-order valence-corrected chi connectivity index (χ2v) is 3.35. The molecule has 1 aromatic rings. The summed E-state index contributed by atoms with van der Waals surface area (Å²) in [4.78, 5) is 14.6. The predicted octanol–water partition coefficient (Wildman–Crippen LogP) is 1.19. The van der Waals surface area contributed by atoms with Gasteiger partial charge in [0.15, 0.2) is 5.69 Å². The fourth-order valence-corrected chi connectivity index (χ4v) is 1.26. The van der Waals surface area contributed by atoms with Gasteiger partial charge in [0, 0.05) is 6.54 Å². The number of rotatable bonds is 7. The van der Waals surface area contributed by atoms with Crippen LogP contribution in [0.5, 0.6) is 0 Å². The maximum atomic E-state index is 10.7. The van der Waals surface area contributed by atoms with Gasteiger partial charge in [0.25, 0.3) is 0 Å². The van der Waals surface area contributed by atoms with Gasteiger partial charge in [0.05, 0.1) is 0 Å². The van der Waals surface area contributed by atoms with Crippen molar-refractivity contribution in [2.45, 2.75) is 13.3 Å². The normalized spacial score (nSPS) is 10.1. The Kier molecular flexibility index (Phi) is 5.28. The molecule has 1 aromatic heterocycles. The highest BCUT2D eigenvalue weighted by atomic mass is 16.4. The van der Waals surface area contributed by atoms with Crippen LogP contribution < -0.4 is 10.6 Å². The monoisotopic (exact) mass is 223 g/mol. The quantitative estimate of drug-likeness (QED) is 0.605. The zero-order valence-corrected chi connectivity index (χ0v) is 9.36. The largest absolute Gasteiger partial charge is 0.477 e. The van der Waals surface area contributed by atoms with E-state index >= 15 is 0 Å². The molecule has 1 rings (SSSR count). The third-order valence-corrected chi connectivity index (χ3v) is 2.05. The van der Waals surface area contributed by atoms with Crippen molar-refractivity contribution in [3.05, 3.63) is 23.9 Å². The molecule has 0 bridgehead atoms. The maximum Gasteiger partial charge on any atom is 0.354 e. The van der Waals surface area contributed by atoms with E-state index in [4.69, 9.17) is 5.11 Å². The van der Waals surface area contributed by atoms with Crippen molar-refractivity contribution in [3.8, 4) is 0 Å². The second kappa shape index (κ2) is 6.79. The Labute approximate surface area is 94.9 Å². The zero-order valence-electron chi connectivity index (χ0n) is 9.36. The Morgan fingerprint density at radius 3 is 2.94 bits per heavy atom. The number of aromatic carboxylic acids is 1. The number of pyridine rings is 1. The third kappa shape index (κ3) is 4.27. The van der Waals surface area contributed by atoms with Crippen molar-refractivity contribution < 1.29 is 9.90 Å². The van der Waals surface area contributed by atoms with Crippen LogP contribution in [0.15, 0.2) is 18.2 Å². The lowest BCUT2D eigenvalue weighted by Gasteiger charge is -2.06. The predicted molar refractivity (Wildman–Crippen MR) is 62.8 cm³/mol. The SMILES string of the molecule is CCNCCCNc1cccc(C(=O)O)n1. The van der Waals surface area contributed by atoms with Crippen LogP contribution in [0.3, 0.4) is 0 Å². The highest BCUT2D eigenvalue weighted by Crippen LogP contribution is 2.04. The summed E-state index contributed by atoms with van der Waals surface area (Å²) in [5.41, 5.74) is 0.0664. The molecule has 1 heterocycles. The van der Waals surface area contributed by atoms with E-state index in [-0.39, 0.29) is 5.69 Å². The molecular formula is C11H17N3O2. The van der Waals surface area contributed by atoms with E-state index in [9.17, 15) is 4.79 Å². The van der Waals surface area contributed by atoms with E-state index in [0.29, 0.717) is 5.82 Å². The highest BCUT2D eigenvalue weighted by Gasteiger charge is 2.03. The molecule has 0 spiro atoms. The highest BCUT2D eigenvalue weighted by molar-refractivity contribution is 5.85. The van der Waals surface area contributed by atoms with Crippen molar-refractivity contribution >= 4 is 11.8 Å². The van der Waals surface area contributed by atoms with Crippen molar-refractivity contribution in [3.63, 3.8) is 0 Å². The summed E-state index contributed by atoms with van der Waals surface area (Å²) in [7, 11) is 0. The third-order valence-electron chi connectivity index (χ3n) is 2.05. The van der Waals surface area contributed by atoms with Crippen LogP contribution in [-0.2, 0) is 0 Å². The molecule has 88 valence electrons. The minimum atomic E-state index is -1.00. The van der Waals surface area contributed by atoms with Gasteiger partial charge in [-0.3, -0.25) is 0 Å². The van der Waals surface area contributed by atoms with Crippen LogP contribution in [0.1, 0.15) is 23.8 Å². The first-order chi connectivity index (χ1) is 7.74. The molecule has 0 aliphatic heterocycles. The van der Waals surface area contributed by atoms with Crippen LogP contribution >= 0.6 is 0 Å². The Morgan fingerprint density at radius 2 is 2.25 bits per heavy atom. The van der Waals surface area contributed by atoms with Crippen LogP contribution in [0.25, 0.3) is 0 Å². The molecule has 3 N–H and O–H groups in total. The molecule has 0 aliphatic carbocycles. The lowest BCUT2D eigenvalue weighted by molar-refractivity contribution is 0.0690. The number of aromatic nitrogens is 1. The summed E-state index contributed by atoms with van der Waals surface area (Å²) in [5, 5.41) is 15.0. The first-order valence-electron chi connectivity index (χ1n) is 5.39. The van der Waals surface area contributed by atoms with Gasteiger partial charge in [-0.1, -0.05) is 13.0 Å². The number of nitrogens with one attached hydrogen (secondary N) is 2. The van der Waals surface area contributed by atoms with Gasteiger partial charge in [-0.15, -0.1) is 0 Å². The molecule has 0 radical (unpaired) electrons. The van der Waals surface area contributed by atoms with Crippen molar-refractivity contribution in [2.75, 3.05) is 25.0 Å². The van der Waals surface area contributed by atoms with Crippen LogP contribution in [0, 0.1) is 0 Å². The second-order valence-electron chi connectivity index (χ2n) is 3.35. The molecule has 5 nitrogen and oxygen atoms in total. The Morgan fingerprint density at radius 1 is 1.44 bits per heavy atom. The zero-order chi connectivity index (χ0) is 11.8. The first-order valence-corrected chi connectivity index (χ1v) is 5.39. The van der Waals surface area contributed by atoms with E-state index in [2.05, 4.69) is 22.5 Å². The lowest BCUT2D eigenvalue weighted by Crippen LogP contribution is -2.17. The number of carbonyl (C=O) groups is 1. The molecule has 5 heteroatoms. The fraction of sp³-hybridized carbons (Fsp3) is 0.455. The number of carboxylic acid groups (broad SMARTS) is 1. The molecule has 0 saturated heterocycles. The smallest absolute Gasteiger partial charge is 0.354 e. The summed E-state index contributed by atoms with van der Waals surface area (Å²) >= 11 is 0. The summed E-state index contributed by atoms with van der Waals surface area (Å²) in [6.45, 7) is 4.75. The lowest BCUT2D eigenvalue weighted by atomic mass is 10.3. The molecule has 0 aliphatic rings. The van der Waals surface area contributed by atoms with E-state index in [0.717, 1.165) is 26.1 Å². The summed E-state index contributed by atoms with van der Waals surface area (Å²) in [5.74, 6) is -0.396. The van der Waals surface area contributed by atoms with Gasteiger partial charge in [-0.2, -0.15) is 0 Å². The van der Waals surface area contributed by atoms with Crippen LogP contribution in [0.4, 0.5) is 5.82 Å². The molecular weight excluding hydrogens is 206 g/mol. The number of hydrogen-bond acceptors (Lipinski definition) is 4. The van der Waals surface area contributed by atoms with Crippen molar-refractivity contribution in [2.24, 2.45) is 0 Å². The molecule has 0 aromatic carbocycles. The van der Waals surface area contributed by atoms with Gasteiger partial charge in [0.2, 0.25) is 0 Å². The molecule has 16 heavy (non-hydrogen) atoms. The van der Waals surface area contributed by atoms with Gasteiger partial charge in [-0.05, 0) is 31.6 Å².